The van der Waals surface area contributed by atoms with Crippen molar-refractivity contribution >= 4 is 17.3 Å². The van der Waals surface area contributed by atoms with Gasteiger partial charge in [-0.2, -0.15) is 4.31 Å². The van der Waals surface area contributed by atoms with E-state index in [1.165, 1.54) is 4.31 Å². The molecule has 0 aromatic rings. The lowest BCUT2D eigenvalue weighted by molar-refractivity contribution is -0.133. The van der Waals surface area contributed by atoms with E-state index in [0.717, 1.165) is 24.8 Å². The number of hydrogen-bond acceptors (Lipinski definition) is 3. The Balaban J connectivity index is 2.45. The summed E-state index contributed by atoms with van der Waals surface area (Å²) in [5.74, 6) is -0.739. The van der Waals surface area contributed by atoms with E-state index in [0.29, 0.717) is 0 Å². The van der Waals surface area contributed by atoms with Gasteiger partial charge in [0.1, 0.15) is 4.75 Å². The largest absolute Gasteiger partial charge is 0.592 e. The van der Waals surface area contributed by atoms with Crippen LogP contribution in [0.2, 0.25) is 0 Å². The molecule has 1 fully saturated rings. The van der Waals surface area contributed by atoms with Crippen molar-refractivity contribution in [3.8, 4) is 0 Å². The van der Waals surface area contributed by atoms with Crippen LogP contribution in [0, 0.1) is 5.92 Å². The Morgan fingerprint density at radius 1 is 1.40 bits per heavy atom. The number of carboxylic acid groups (broad SMARTS) is 1. The summed E-state index contributed by atoms with van der Waals surface area (Å²) in [6.45, 7) is 5.54. The van der Waals surface area contributed by atoms with Gasteiger partial charge in [0.25, 0.3) is 0 Å². The number of carboxylic acids is 1. The van der Waals surface area contributed by atoms with Gasteiger partial charge in [0, 0.05) is 0 Å². The van der Waals surface area contributed by atoms with Gasteiger partial charge in [0.2, 0.25) is 0 Å². The molecular weight excluding hydrogens is 274 g/mol. The zero-order chi connectivity index (χ0) is 14.9. The first kappa shape index (κ1) is 15.2. The molecule has 0 saturated heterocycles. The molecule has 5 heteroatoms. The van der Waals surface area contributed by atoms with Crippen molar-refractivity contribution in [2.24, 2.45) is 5.92 Å². The molecule has 0 radical (unpaired) electrons. The van der Waals surface area contributed by atoms with E-state index in [1.54, 1.807) is 12.3 Å². The molecule has 0 bridgehead atoms. The van der Waals surface area contributed by atoms with Gasteiger partial charge in [-0.25, -0.2) is 4.79 Å². The van der Waals surface area contributed by atoms with E-state index < -0.39 is 22.1 Å². The second-order valence-corrected chi connectivity index (χ2v) is 8.24. The maximum atomic E-state index is 12.6. The van der Waals surface area contributed by atoms with Crippen LogP contribution >= 0.6 is 0 Å². The molecule has 0 unspecified atom stereocenters. The Kier molecular flexibility index (Phi) is 4.30. The summed E-state index contributed by atoms with van der Waals surface area (Å²) in [4.78, 5) is 11.7. The van der Waals surface area contributed by atoms with Crippen LogP contribution in [0.4, 0.5) is 0 Å². The minimum absolute atomic E-state index is 0.160. The zero-order valence-electron chi connectivity index (χ0n) is 12.1. The van der Waals surface area contributed by atoms with Gasteiger partial charge in [-0.15, -0.1) is 0 Å². The van der Waals surface area contributed by atoms with Crippen LogP contribution in [0.5, 0.6) is 0 Å². The van der Waals surface area contributed by atoms with E-state index >= 15 is 0 Å². The van der Waals surface area contributed by atoms with Crippen LogP contribution < -0.4 is 0 Å². The first-order valence-electron chi connectivity index (χ1n) is 6.86. The standard InChI is InChI=1S/C15H21NO3S/c1-15(2,3)20(19)16-10-5-4-9-12(11-7-6-8-11)13(16)14(17)18/h4-5,9-11H,6-8H2,1-3H3,(H,17,18)/t20-/m0/s1. The summed E-state index contributed by atoms with van der Waals surface area (Å²) in [5.41, 5.74) is 0.958. The molecule has 0 aromatic heterocycles. The fraction of sp³-hybridized carbons (Fsp3) is 0.533. The predicted octanol–water partition coefficient (Wildman–Crippen LogP) is 2.97. The fourth-order valence-electron chi connectivity index (χ4n) is 2.27. The maximum Gasteiger partial charge on any atom is 0.357 e. The minimum Gasteiger partial charge on any atom is -0.592 e. The van der Waals surface area contributed by atoms with Crippen molar-refractivity contribution in [3.05, 3.63) is 35.7 Å². The molecule has 0 aromatic carbocycles. The highest BCUT2D eigenvalue weighted by molar-refractivity contribution is 7.90. The van der Waals surface area contributed by atoms with Gasteiger partial charge < -0.3 is 9.66 Å². The Morgan fingerprint density at radius 2 is 2.05 bits per heavy atom. The van der Waals surface area contributed by atoms with Gasteiger partial charge in [-0.3, -0.25) is 0 Å². The third-order valence-corrected chi connectivity index (χ3v) is 5.26. The first-order chi connectivity index (χ1) is 9.32. The maximum absolute atomic E-state index is 12.6. The third kappa shape index (κ3) is 2.94. The highest BCUT2D eigenvalue weighted by atomic mass is 32.2. The molecule has 1 heterocycles. The van der Waals surface area contributed by atoms with E-state index in [1.807, 2.05) is 32.9 Å². The van der Waals surface area contributed by atoms with Crippen molar-refractivity contribution in [1.82, 2.24) is 4.31 Å². The Labute approximate surface area is 123 Å². The molecule has 2 aliphatic rings. The highest BCUT2D eigenvalue weighted by Gasteiger charge is 2.39. The van der Waals surface area contributed by atoms with E-state index in [4.69, 9.17) is 0 Å². The summed E-state index contributed by atoms with van der Waals surface area (Å²) in [7, 11) is 0. The average molecular weight is 295 g/mol. The lowest BCUT2D eigenvalue weighted by atomic mass is 9.78. The molecule has 0 amide bonds. The molecule has 1 aliphatic carbocycles. The normalized spacial score (nSPS) is 21.7. The molecular formula is C15H21NO3S. The summed E-state index contributed by atoms with van der Waals surface area (Å²) in [6, 6.07) is 0. The number of hydrogen-bond donors (Lipinski definition) is 1. The Hall–Kier alpha value is -1.20. The van der Waals surface area contributed by atoms with Crippen molar-refractivity contribution < 1.29 is 14.5 Å². The van der Waals surface area contributed by atoms with Gasteiger partial charge in [0.15, 0.2) is 5.70 Å². The highest BCUT2D eigenvalue weighted by Crippen LogP contribution is 2.38. The van der Waals surface area contributed by atoms with Crippen LogP contribution in [0.25, 0.3) is 0 Å². The number of carbonyl (C=O) groups is 1. The molecule has 110 valence electrons. The lowest BCUT2D eigenvalue weighted by Crippen LogP contribution is -2.42. The van der Waals surface area contributed by atoms with E-state index in [9.17, 15) is 14.5 Å². The molecule has 0 spiro atoms. The summed E-state index contributed by atoms with van der Waals surface area (Å²) in [6.07, 6.45) is 10.2. The van der Waals surface area contributed by atoms with Crippen LogP contribution in [-0.2, 0) is 16.2 Å². The Bertz CT molecular complexity index is 484. The van der Waals surface area contributed by atoms with Crippen molar-refractivity contribution in [3.63, 3.8) is 0 Å². The molecule has 20 heavy (non-hydrogen) atoms. The summed E-state index contributed by atoms with van der Waals surface area (Å²) < 4.78 is 13.5. The molecule has 2 rings (SSSR count). The SMILES string of the molecule is CC(C)(C)[S@+]([O-])N1C=CC=CC(C2CCC2)=C1C(=O)O. The zero-order valence-corrected chi connectivity index (χ0v) is 12.9. The van der Waals surface area contributed by atoms with Crippen molar-refractivity contribution in [2.75, 3.05) is 0 Å². The topological polar surface area (TPSA) is 63.6 Å². The van der Waals surface area contributed by atoms with Gasteiger partial charge in [-0.1, -0.05) is 18.6 Å². The van der Waals surface area contributed by atoms with Crippen LogP contribution in [0.1, 0.15) is 40.0 Å². The molecule has 1 saturated carbocycles. The summed E-state index contributed by atoms with van der Waals surface area (Å²) >= 11 is -1.43. The fourth-order valence-corrected chi connectivity index (χ4v) is 3.39. The van der Waals surface area contributed by atoms with Gasteiger partial charge in [0.05, 0.1) is 17.6 Å². The molecule has 1 atom stereocenters. The van der Waals surface area contributed by atoms with Gasteiger partial charge >= 0.3 is 5.97 Å². The first-order valence-corrected chi connectivity index (χ1v) is 7.96. The lowest BCUT2D eigenvalue weighted by Gasteiger charge is -2.34. The predicted molar refractivity (Wildman–Crippen MR) is 80.0 cm³/mol. The smallest absolute Gasteiger partial charge is 0.357 e. The van der Waals surface area contributed by atoms with E-state index in [-0.39, 0.29) is 11.6 Å². The van der Waals surface area contributed by atoms with Crippen molar-refractivity contribution in [2.45, 2.75) is 44.8 Å². The molecule has 4 nitrogen and oxygen atoms in total. The number of nitrogens with zero attached hydrogens (tertiary/aromatic N) is 1. The van der Waals surface area contributed by atoms with E-state index in [2.05, 4.69) is 0 Å². The second-order valence-electron chi connectivity index (χ2n) is 6.12. The van der Waals surface area contributed by atoms with Crippen LogP contribution in [0.3, 0.4) is 0 Å². The average Bonchev–Trinajstić information content (AvgIpc) is 2.47. The number of aliphatic carboxylic acids is 1. The number of rotatable bonds is 3. The Morgan fingerprint density at radius 3 is 2.50 bits per heavy atom. The second kappa shape index (κ2) is 5.66. The molecule has 1 aliphatic heterocycles. The number of allylic oxidation sites excluding steroid dienone is 4. The van der Waals surface area contributed by atoms with Crippen LogP contribution in [-0.4, -0.2) is 24.7 Å². The quantitative estimate of drug-likeness (QED) is 0.813. The summed E-state index contributed by atoms with van der Waals surface area (Å²) in [5, 5.41) is 9.59. The molecule has 1 N–H and O–H groups in total. The third-order valence-electron chi connectivity index (χ3n) is 3.55. The van der Waals surface area contributed by atoms with Crippen LogP contribution in [0.15, 0.2) is 35.7 Å². The monoisotopic (exact) mass is 295 g/mol. The van der Waals surface area contributed by atoms with Gasteiger partial charge in [-0.05, 0) is 51.2 Å². The van der Waals surface area contributed by atoms with Crippen molar-refractivity contribution in [1.29, 1.82) is 0 Å². The minimum atomic E-state index is -1.43.